The maximum absolute atomic E-state index is 12.3. The van der Waals surface area contributed by atoms with Crippen molar-refractivity contribution in [2.75, 3.05) is 0 Å². The number of esters is 1. The van der Waals surface area contributed by atoms with E-state index in [2.05, 4.69) is 11.1 Å². The second-order valence-electron chi connectivity index (χ2n) is 5.32. The monoisotopic (exact) mass is 296 g/mol. The molecule has 22 heavy (non-hydrogen) atoms. The molecular formula is C17H16N2O3. The fourth-order valence-corrected chi connectivity index (χ4v) is 2.69. The van der Waals surface area contributed by atoms with Gasteiger partial charge in [0.2, 0.25) is 5.91 Å². The number of carbonyl (C=O) groups excluding carboxylic acids is 2. The molecule has 1 heterocycles. The van der Waals surface area contributed by atoms with Crippen LogP contribution in [-0.4, -0.2) is 16.9 Å². The topological polar surface area (TPSA) is 82.3 Å². The zero-order valence-corrected chi connectivity index (χ0v) is 12.0. The van der Waals surface area contributed by atoms with Crippen molar-refractivity contribution < 1.29 is 14.3 Å². The molecule has 1 aliphatic rings. The van der Waals surface area contributed by atoms with Crippen LogP contribution in [0.4, 0.5) is 0 Å². The van der Waals surface area contributed by atoms with Crippen molar-refractivity contribution in [1.29, 1.82) is 0 Å². The summed E-state index contributed by atoms with van der Waals surface area (Å²) in [5.74, 6) is -0.569. The average Bonchev–Trinajstić information content (AvgIpc) is 2.55. The molecule has 0 saturated heterocycles. The van der Waals surface area contributed by atoms with Crippen LogP contribution in [0.3, 0.4) is 0 Å². The molecule has 3 rings (SSSR count). The first-order chi connectivity index (χ1) is 10.6. The maximum atomic E-state index is 12.3. The van der Waals surface area contributed by atoms with Gasteiger partial charge in [-0.05, 0) is 48.9 Å². The highest BCUT2D eigenvalue weighted by Gasteiger charge is 2.17. The van der Waals surface area contributed by atoms with Crippen molar-refractivity contribution in [2.24, 2.45) is 5.73 Å². The highest BCUT2D eigenvalue weighted by Crippen LogP contribution is 2.30. The van der Waals surface area contributed by atoms with Gasteiger partial charge in [0.05, 0.1) is 11.1 Å². The van der Waals surface area contributed by atoms with Gasteiger partial charge >= 0.3 is 5.97 Å². The van der Waals surface area contributed by atoms with Crippen molar-refractivity contribution in [3.8, 4) is 5.75 Å². The van der Waals surface area contributed by atoms with Crippen molar-refractivity contribution in [2.45, 2.75) is 25.7 Å². The van der Waals surface area contributed by atoms with Gasteiger partial charge in [-0.2, -0.15) is 0 Å². The highest BCUT2D eigenvalue weighted by molar-refractivity contribution is 5.97. The van der Waals surface area contributed by atoms with Gasteiger partial charge in [-0.1, -0.05) is 12.1 Å². The van der Waals surface area contributed by atoms with Crippen LogP contribution in [0, 0.1) is 0 Å². The first-order valence-corrected chi connectivity index (χ1v) is 7.23. The molecule has 0 spiro atoms. The van der Waals surface area contributed by atoms with E-state index in [1.807, 2.05) is 6.07 Å². The maximum Gasteiger partial charge on any atom is 0.345 e. The molecule has 0 radical (unpaired) electrons. The molecule has 0 saturated carbocycles. The fraction of sp³-hybridized carbons (Fsp3) is 0.235. The number of primary amides is 1. The van der Waals surface area contributed by atoms with E-state index < -0.39 is 11.9 Å². The third-order valence-electron chi connectivity index (χ3n) is 3.81. The van der Waals surface area contributed by atoms with Crippen molar-refractivity contribution in [1.82, 2.24) is 4.98 Å². The Labute approximate surface area is 128 Å². The Morgan fingerprint density at radius 3 is 2.68 bits per heavy atom. The lowest BCUT2D eigenvalue weighted by atomic mass is 9.91. The minimum absolute atomic E-state index is 0.185. The van der Waals surface area contributed by atoms with Crippen LogP contribution in [0.2, 0.25) is 0 Å². The van der Waals surface area contributed by atoms with Crippen molar-refractivity contribution in [3.63, 3.8) is 0 Å². The molecule has 2 N–H and O–H groups in total. The van der Waals surface area contributed by atoms with Crippen LogP contribution in [0.15, 0.2) is 36.7 Å². The van der Waals surface area contributed by atoms with Gasteiger partial charge in [-0.15, -0.1) is 0 Å². The second kappa shape index (κ2) is 5.97. The predicted octanol–water partition coefficient (Wildman–Crippen LogP) is 2.28. The van der Waals surface area contributed by atoms with Crippen LogP contribution in [0.25, 0.3) is 0 Å². The van der Waals surface area contributed by atoms with Crippen LogP contribution < -0.4 is 10.5 Å². The van der Waals surface area contributed by atoms with Crippen LogP contribution >= 0.6 is 0 Å². The average molecular weight is 296 g/mol. The van der Waals surface area contributed by atoms with Crippen LogP contribution in [0.5, 0.6) is 5.75 Å². The Bertz CT molecular complexity index is 740. The van der Waals surface area contributed by atoms with Gasteiger partial charge in [-0.3, -0.25) is 9.78 Å². The lowest BCUT2D eigenvalue weighted by Gasteiger charge is -2.18. The molecular weight excluding hydrogens is 280 g/mol. The molecule has 5 nitrogen and oxygen atoms in total. The predicted molar refractivity (Wildman–Crippen MR) is 80.8 cm³/mol. The van der Waals surface area contributed by atoms with Gasteiger partial charge < -0.3 is 10.5 Å². The quantitative estimate of drug-likeness (QED) is 0.696. The van der Waals surface area contributed by atoms with Crippen molar-refractivity contribution >= 4 is 11.9 Å². The molecule has 1 aliphatic carbocycles. The van der Waals surface area contributed by atoms with E-state index in [0.717, 1.165) is 31.2 Å². The molecule has 5 heteroatoms. The zero-order chi connectivity index (χ0) is 15.5. The minimum Gasteiger partial charge on any atom is -0.423 e. The van der Waals surface area contributed by atoms with Gasteiger partial charge in [-0.25, -0.2) is 4.79 Å². The Hall–Kier alpha value is -2.69. The Kier molecular flexibility index (Phi) is 3.87. The van der Waals surface area contributed by atoms with Gasteiger partial charge in [0.15, 0.2) is 0 Å². The summed E-state index contributed by atoms with van der Waals surface area (Å²) in [5, 5.41) is 0. The standard InChI is InChI=1S/C17H16N2O3/c18-16(20)12-8-13(10-19-9-12)17(21)22-15-7-3-5-11-4-1-2-6-14(11)15/h3,5,7-10H,1-2,4,6H2,(H2,18,20). The number of ether oxygens (including phenoxy) is 1. The van der Waals surface area contributed by atoms with E-state index in [4.69, 9.17) is 10.5 Å². The number of hydrogen-bond donors (Lipinski definition) is 1. The zero-order valence-electron chi connectivity index (χ0n) is 12.0. The number of aromatic nitrogens is 1. The molecule has 0 fully saturated rings. The summed E-state index contributed by atoms with van der Waals surface area (Å²) in [4.78, 5) is 27.3. The minimum atomic E-state index is -0.626. The third kappa shape index (κ3) is 2.83. The number of nitrogens with two attached hydrogens (primary N) is 1. The Balaban J connectivity index is 1.86. The number of nitrogens with zero attached hydrogens (tertiary/aromatic N) is 1. The SMILES string of the molecule is NC(=O)c1cncc(C(=O)Oc2cccc3c2CCCC3)c1. The molecule has 1 amide bonds. The summed E-state index contributed by atoms with van der Waals surface area (Å²) in [6.45, 7) is 0. The van der Waals surface area contributed by atoms with Gasteiger partial charge in [0.1, 0.15) is 5.75 Å². The summed E-state index contributed by atoms with van der Waals surface area (Å²) < 4.78 is 5.50. The molecule has 1 aromatic heterocycles. The number of amides is 1. The highest BCUT2D eigenvalue weighted by atomic mass is 16.5. The summed E-state index contributed by atoms with van der Waals surface area (Å²) in [6, 6.07) is 7.16. The Morgan fingerprint density at radius 2 is 1.86 bits per heavy atom. The summed E-state index contributed by atoms with van der Waals surface area (Å²) >= 11 is 0. The van der Waals surface area contributed by atoms with Gasteiger partial charge in [0.25, 0.3) is 0 Å². The number of pyridine rings is 1. The van der Waals surface area contributed by atoms with Crippen LogP contribution in [0.1, 0.15) is 44.7 Å². The summed E-state index contributed by atoms with van der Waals surface area (Å²) in [7, 11) is 0. The van der Waals surface area contributed by atoms with E-state index in [-0.39, 0.29) is 11.1 Å². The first-order valence-electron chi connectivity index (χ1n) is 7.23. The van der Waals surface area contributed by atoms with E-state index in [9.17, 15) is 9.59 Å². The smallest absolute Gasteiger partial charge is 0.345 e. The number of fused-ring (bicyclic) bond motifs is 1. The first kappa shape index (κ1) is 14.3. The number of rotatable bonds is 3. The number of carbonyl (C=O) groups is 2. The van der Waals surface area contributed by atoms with Crippen LogP contribution in [-0.2, 0) is 12.8 Å². The fourth-order valence-electron chi connectivity index (χ4n) is 2.69. The molecule has 0 aliphatic heterocycles. The van der Waals surface area contributed by atoms with Crippen molar-refractivity contribution in [3.05, 3.63) is 58.9 Å². The molecule has 2 aromatic rings. The van der Waals surface area contributed by atoms with E-state index in [1.165, 1.54) is 24.0 Å². The molecule has 0 unspecified atom stereocenters. The number of aryl methyl sites for hydroxylation is 1. The lowest BCUT2D eigenvalue weighted by Crippen LogP contribution is -2.15. The normalized spacial score (nSPS) is 13.3. The third-order valence-corrected chi connectivity index (χ3v) is 3.81. The molecule has 0 bridgehead atoms. The second-order valence-corrected chi connectivity index (χ2v) is 5.32. The number of benzene rings is 1. The number of hydrogen-bond acceptors (Lipinski definition) is 4. The Morgan fingerprint density at radius 1 is 1.09 bits per heavy atom. The molecule has 112 valence electrons. The van der Waals surface area contributed by atoms with E-state index >= 15 is 0 Å². The summed E-state index contributed by atoms with van der Waals surface area (Å²) in [5.41, 5.74) is 7.93. The molecule has 0 atom stereocenters. The van der Waals surface area contributed by atoms with E-state index in [0.29, 0.717) is 5.75 Å². The lowest BCUT2D eigenvalue weighted by molar-refractivity contribution is 0.0732. The van der Waals surface area contributed by atoms with E-state index in [1.54, 1.807) is 6.07 Å². The largest absolute Gasteiger partial charge is 0.423 e. The summed E-state index contributed by atoms with van der Waals surface area (Å²) in [6.07, 6.45) is 6.88. The van der Waals surface area contributed by atoms with Gasteiger partial charge in [0, 0.05) is 12.4 Å². The molecule has 1 aromatic carbocycles.